The van der Waals surface area contributed by atoms with Gasteiger partial charge in [0, 0.05) is 11.6 Å². The minimum atomic E-state index is -1.06. The highest BCUT2D eigenvalue weighted by atomic mass is 16.5. The van der Waals surface area contributed by atoms with Crippen molar-refractivity contribution in [1.29, 1.82) is 0 Å². The molecule has 1 unspecified atom stereocenters. The molecule has 6 heteroatoms. The van der Waals surface area contributed by atoms with E-state index in [1.807, 2.05) is 0 Å². The molecule has 0 radical (unpaired) electrons. The minimum Gasteiger partial charge on any atom is -0.507 e. The van der Waals surface area contributed by atoms with E-state index in [-0.39, 0.29) is 5.75 Å². The fourth-order valence-corrected chi connectivity index (χ4v) is 1.95. The first-order valence-electron chi connectivity index (χ1n) is 6.51. The van der Waals surface area contributed by atoms with E-state index in [2.05, 4.69) is 0 Å². The lowest BCUT2D eigenvalue weighted by Crippen LogP contribution is -2.09. The van der Waals surface area contributed by atoms with Gasteiger partial charge in [0.15, 0.2) is 6.61 Å². The van der Waals surface area contributed by atoms with Crippen LogP contribution in [0.1, 0.15) is 17.2 Å². The highest BCUT2D eigenvalue weighted by Crippen LogP contribution is 2.32. The Balaban J connectivity index is 2.15. The maximum atomic E-state index is 10.4. The number of carboxylic acids is 1. The molecular formula is C16H16O6. The summed E-state index contributed by atoms with van der Waals surface area (Å²) in [6, 6.07) is 11.0. The maximum Gasteiger partial charge on any atom is 0.341 e. The van der Waals surface area contributed by atoms with Crippen molar-refractivity contribution in [1.82, 2.24) is 0 Å². The highest BCUT2D eigenvalue weighted by molar-refractivity contribution is 5.68. The van der Waals surface area contributed by atoms with Crippen molar-refractivity contribution in [2.75, 3.05) is 13.7 Å². The topological polar surface area (TPSA) is 96.2 Å². The number of ether oxygens (including phenoxy) is 2. The second kappa shape index (κ2) is 6.82. The molecule has 2 aromatic carbocycles. The van der Waals surface area contributed by atoms with Gasteiger partial charge in [0.2, 0.25) is 0 Å². The standard InChI is InChI=1S/C16H16O6/c1-21-12-6-7-13(14(17)8-12)16(20)10-2-4-11(5-3-10)22-9-15(18)19/h2-8,16-17,20H,9H2,1H3,(H,18,19). The lowest BCUT2D eigenvalue weighted by molar-refractivity contribution is -0.139. The summed E-state index contributed by atoms with van der Waals surface area (Å²) < 4.78 is 10.0. The summed E-state index contributed by atoms with van der Waals surface area (Å²) in [5.74, 6) is -0.256. The highest BCUT2D eigenvalue weighted by Gasteiger charge is 2.15. The zero-order valence-electron chi connectivity index (χ0n) is 11.9. The van der Waals surface area contributed by atoms with E-state index in [4.69, 9.17) is 14.6 Å². The SMILES string of the molecule is COc1ccc(C(O)c2ccc(OCC(=O)O)cc2)c(O)c1. The van der Waals surface area contributed by atoms with Gasteiger partial charge < -0.3 is 24.8 Å². The molecule has 0 saturated carbocycles. The van der Waals surface area contributed by atoms with Gasteiger partial charge in [-0.25, -0.2) is 4.79 Å². The Labute approximate surface area is 127 Å². The predicted octanol–water partition coefficient (Wildman–Crippen LogP) is 1.95. The summed E-state index contributed by atoms with van der Waals surface area (Å²) in [4.78, 5) is 10.4. The Hall–Kier alpha value is -2.73. The van der Waals surface area contributed by atoms with Gasteiger partial charge in [0.25, 0.3) is 0 Å². The number of phenols is 1. The fourth-order valence-electron chi connectivity index (χ4n) is 1.95. The first kappa shape index (κ1) is 15.7. The molecule has 22 heavy (non-hydrogen) atoms. The average Bonchev–Trinajstić information content (AvgIpc) is 2.52. The molecule has 1 atom stereocenters. The average molecular weight is 304 g/mol. The summed E-state index contributed by atoms with van der Waals surface area (Å²) in [5, 5.41) is 28.8. The first-order chi connectivity index (χ1) is 10.5. The van der Waals surface area contributed by atoms with Gasteiger partial charge in [-0.15, -0.1) is 0 Å². The summed E-state index contributed by atoms with van der Waals surface area (Å²) >= 11 is 0. The van der Waals surface area contributed by atoms with Crippen LogP contribution in [-0.2, 0) is 4.79 Å². The van der Waals surface area contributed by atoms with E-state index in [0.29, 0.717) is 22.6 Å². The van der Waals surface area contributed by atoms with E-state index >= 15 is 0 Å². The van der Waals surface area contributed by atoms with Crippen LogP contribution in [0.25, 0.3) is 0 Å². The third-order valence-corrected chi connectivity index (χ3v) is 3.09. The van der Waals surface area contributed by atoms with Crippen molar-refractivity contribution < 1.29 is 29.6 Å². The van der Waals surface area contributed by atoms with Gasteiger partial charge in [-0.1, -0.05) is 12.1 Å². The molecule has 116 valence electrons. The Morgan fingerprint density at radius 3 is 2.32 bits per heavy atom. The Morgan fingerprint density at radius 1 is 1.14 bits per heavy atom. The second-order valence-corrected chi connectivity index (χ2v) is 4.58. The Morgan fingerprint density at radius 2 is 1.77 bits per heavy atom. The summed E-state index contributed by atoms with van der Waals surface area (Å²) in [6.45, 7) is -0.429. The van der Waals surface area contributed by atoms with E-state index in [9.17, 15) is 15.0 Å². The number of methoxy groups -OCH3 is 1. The molecule has 0 fully saturated rings. The lowest BCUT2D eigenvalue weighted by Gasteiger charge is -2.14. The summed E-state index contributed by atoms with van der Waals surface area (Å²) in [7, 11) is 1.49. The number of carboxylic acid groups (broad SMARTS) is 1. The van der Waals surface area contributed by atoms with Crippen molar-refractivity contribution in [3.8, 4) is 17.2 Å². The van der Waals surface area contributed by atoms with Crippen molar-refractivity contribution in [3.05, 3.63) is 53.6 Å². The zero-order valence-corrected chi connectivity index (χ0v) is 11.9. The van der Waals surface area contributed by atoms with Crippen molar-refractivity contribution in [2.24, 2.45) is 0 Å². The number of rotatable bonds is 6. The molecule has 3 N–H and O–H groups in total. The van der Waals surface area contributed by atoms with Crippen molar-refractivity contribution in [3.63, 3.8) is 0 Å². The normalized spacial score (nSPS) is 11.7. The largest absolute Gasteiger partial charge is 0.507 e. The maximum absolute atomic E-state index is 10.4. The number of aromatic hydroxyl groups is 1. The second-order valence-electron chi connectivity index (χ2n) is 4.58. The minimum absolute atomic E-state index is 0.0712. The summed E-state index contributed by atoms with van der Waals surface area (Å²) in [5.41, 5.74) is 0.892. The van der Waals surface area contributed by atoms with E-state index < -0.39 is 18.7 Å². The molecular weight excluding hydrogens is 288 g/mol. The van der Waals surface area contributed by atoms with Crippen LogP contribution in [0.3, 0.4) is 0 Å². The third-order valence-electron chi connectivity index (χ3n) is 3.09. The van der Waals surface area contributed by atoms with Crippen molar-refractivity contribution >= 4 is 5.97 Å². The molecule has 0 aliphatic heterocycles. The van der Waals surface area contributed by atoms with Crippen LogP contribution >= 0.6 is 0 Å². The van der Waals surface area contributed by atoms with Crippen LogP contribution in [0.5, 0.6) is 17.2 Å². The molecule has 0 spiro atoms. The zero-order chi connectivity index (χ0) is 16.1. The van der Waals surface area contributed by atoms with Gasteiger partial charge in [0.1, 0.15) is 23.4 Å². The van der Waals surface area contributed by atoms with Crippen molar-refractivity contribution in [2.45, 2.75) is 6.10 Å². The molecule has 0 bridgehead atoms. The Bertz CT molecular complexity index is 650. The molecule has 2 rings (SSSR count). The van der Waals surface area contributed by atoms with Gasteiger partial charge in [-0.2, -0.15) is 0 Å². The predicted molar refractivity (Wildman–Crippen MR) is 78.3 cm³/mol. The van der Waals surface area contributed by atoms with E-state index in [1.165, 1.54) is 13.2 Å². The quantitative estimate of drug-likeness (QED) is 0.755. The van der Waals surface area contributed by atoms with Crippen LogP contribution in [0.4, 0.5) is 0 Å². The smallest absolute Gasteiger partial charge is 0.341 e. The fraction of sp³-hybridized carbons (Fsp3) is 0.188. The lowest BCUT2D eigenvalue weighted by atomic mass is 10.0. The number of carbonyl (C=O) groups is 1. The van der Waals surface area contributed by atoms with Crippen LogP contribution < -0.4 is 9.47 Å². The van der Waals surface area contributed by atoms with E-state index in [0.717, 1.165) is 0 Å². The third kappa shape index (κ3) is 3.67. The molecule has 6 nitrogen and oxygen atoms in total. The van der Waals surface area contributed by atoms with Crippen LogP contribution in [0.2, 0.25) is 0 Å². The van der Waals surface area contributed by atoms with Gasteiger partial charge in [-0.3, -0.25) is 0 Å². The summed E-state index contributed by atoms with van der Waals surface area (Å²) in [6.07, 6.45) is -1.01. The van der Waals surface area contributed by atoms with Gasteiger partial charge in [0.05, 0.1) is 7.11 Å². The van der Waals surface area contributed by atoms with Gasteiger partial charge >= 0.3 is 5.97 Å². The Kier molecular flexibility index (Phi) is 4.85. The van der Waals surface area contributed by atoms with Crippen LogP contribution in [0, 0.1) is 0 Å². The van der Waals surface area contributed by atoms with Crippen LogP contribution in [-0.4, -0.2) is 35.0 Å². The number of hydrogen-bond acceptors (Lipinski definition) is 5. The number of benzene rings is 2. The van der Waals surface area contributed by atoms with Crippen LogP contribution in [0.15, 0.2) is 42.5 Å². The molecule has 0 aliphatic rings. The molecule has 0 aromatic heterocycles. The molecule has 0 saturated heterocycles. The van der Waals surface area contributed by atoms with Gasteiger partial charge in [-0.05, 0) is 29.8 Å². The van der Waals surface area contributed by atoms with E-state index in [1.54, 1.807) is 36.4 Å². The monoisotopic (exact) mass is 304 g/mol. The number of aliphatic hydroxyl groups excluding tert-OH is 1. The number of aliphatic hydroxyl groups is 1. The molecule has 0 heterocycles. The molecule has 0 amide bonds. The molecule has 0 aliphatic carbocycles. The molecule has 2 aromatic rings. The number of phenolic OH excluding ortho intramolecular Hbond substituents is 1. The number of aliphatic carboxylic acids is 1. The number of hydrogen-bond donors (Lipinski definition) is 3. The first-order valence-corrected chi connectivity index (χ1v) is 6.51.